The van der Waals surface area contributed by atoms with Crippen molar-refractivity contribution in [1.82, 2.24) is 15.4 Å². The molecule has 2 N–H and O–H groups in total. The van der Waals surface area contributed by atoms with Crippen molar-refractivity contribution in [2.24, 2.45) is 0 Å². The van der Waals surface area contributed by atoms with Crippen molar-refractivity contribution >= 4 is 28.7 Å². The summed E-state index contributed by atoms with van der Waals surface area (Å²) in [5.74, 6) is -0.555. The minimum atomic E-state index is -0.611. The Morgan fingerprint density at radius 3 is 2.61 bits per heavy atom. The van der Waals surface area contributed by atoms with Crippen molar-refractivity contribution in [2.45, 2.75) is 64.5 Å². The van der Waals surface area contributed by atoms with Gasteiger partial charge in [-0.25, -0.2) is 10.3 Å². The molecular formula is C23H31N3O5. The molecule has 0 radical (unpaired) electrons. The number of aromatic nitrogens is 1. The maximum Gasteiger partial charge on any atom is 0.328 e. The van der Waals surface area contributed by atoms with Crippen LogP contribution in [-0.2, 0) is 36.9 Å². The Bertz CT molecular complexity index is 923. The van der Waals surface area contributed by atoms with E-state index in [2.05, 4.69) is 10.5 Å². The zero-order valence-electron chi connectivity index (χ0n) is 18.2. The van der Waals surface area contributed by atoms with Gasteiger partial charge in [-0.05, 0) is 25.8 Å². The first kappa shape index (κ1) is 22.8. The van der Waals surface area contributed by atoms with Crippen molar-refractivity contribution in [1.29, 1.82) is 0 Å². The molecule has 2 heterocycles. The van der Waals surface area contributed by atoms with Crippen LogP contribution in [0.5, 0.6) is 0 Å². The quantitative estimate of drug-likeness (QED) is 0.344. The lowest BCUT2D eigenvalue weighted by atomic mass is 9.97. The number of hydroxylamine groups is 1. The number of esters is 1. The molecule has 0 spiro atoms. The first-order valence-electron chi connectivity index (χ1n) is 10.9. The van der Waals surface area contributed by atoms with Gasteiger partial charge in [-0.1, -0.05) is 31.0 Å². The van der Waals surface area contributed by atoms with E-state index in [4.69, 9.17) is 9.57 Å². The first-order valence-corrected chi connectivity index (χ1v) is 10.9. The molecule has 1 aromatic heterocycles. The lowest BCUT2D eigenvalue weighted by Crippen LogP contribution is -2.49. The zero-order valence-corrected chi connectivity index (χ0v) is 18.2. The molecule has 0 bridgehead atoms. The van der Waals surface area contributed by atoms with Gasteiger partial charge in [0.25, 0.3) is 0 Å². The molecule has 0 fully saturated rings. The predicted molar refractivity (Wildman–Crippen MR) is 116 cm³/mol. The third kappa shape index (κ3) is 5.64. The number of carbonyl (C=O) groups is 3. The van der Waals surface area contributed by atoms with Crippen molar-refractivity contribution in [3.05, 3.63) is 35.5 Å². The summed E-state index contributed by atoms with van der Waals surface area (Å²) in [5, 5.41) is 1.09. The smallest absolute Gasteiger partial charge is 0.328 e. The normalized spacial score (nSPS) is 15.5. The molecule has 0 aliphatic carbocycles. The fourth-order valence-electron chi connectivity index (χ4n) is 4.07. The van der Waals surface area contributed by atoms with Gasteiger partial charge in [0, 0.05) is 48.0 Å². The van der Waals surface area contributed by atoms with E-state index in [-0.39, 0.29) is 11.8 Å². The van der Waals surface area contributed by atoms with Crippen molar-refractivity contribution in [3.8, 4) is 0 Å². The van der Waals surface area contributed by atoms with Crippen LogP contribution in [0.15, 0.2) is 24.3 Å². The highest BCUT2D eigenvalue weighted by Crippen LogP contribution is 2.31. The summed E-state index contributed by atoms with van der Waals surface area (Å²) in [6.45, 7) is 2.65. The average Bonchev–Trinajstić information content (AvgIpc) is 3.16. The highest BCUT2D eigenvalue weighted by molar-refractivity contribution is 5.89. The molecule has 2 aromatic rings. The molecular weight excluding hydrogens is 398 g/mol. The first-order chi connectivity index (χ1) is 15.0. The van der Waals surface area contributed by atoms with Crippen LogP contribution in [0.3, 0.4) is 0 Å². The number of rotatable bonds is 10. The van der Waals surface area contributed by atoms with E-state index in [9.17, 15) is 14.4 Å². The van der Waals surface area contributed by atoms with E-state index >= 15 is 0 Å². The van der Waals surface area contributed by atoms with Gasteiger partial charge < -0.3 is 14.6 Å². The summed E-state index contributed by atoms with van der Waals surface area (Å²) < 4.78 is 4.97. The Morgan fingerprint density at radius 2 is 1.87 bits per heavy atom. The molecule has 1 atom stereocenters. The Hall–Kier alpha value is -2.87. The molecule has 1 aliphatic rings. The second kappa shape index (κ2) is 10.9. The van der Waals surface area contributed by atoms with Gasteiger partial charge in [0.2, 0.25) is 11.8 Å². The third-order valence-corrected chi connectivity index (χ3v) is 5.67. The van der Waals surface area contributed by atoms with Crippen molar-refractivity contribution in [2.75, 3.05) is 13.7 Å². The molecule has 8 heteroatoms. The van der Waals surface area contributed by atoms with Crippen LogP contribution in [-0.4, -0.2) is 47.4 Å². The summed E-state index contributed by atoms with van der Waals surface area (Å²) in [6, 6.07) is 7.37. The van der Waals surface area contributed by atoms with Gasteiger partial charge in [-0.15, -0.1) is 0 Å². The minimum Gasteiger partial charge on any atom is -0.467 e. The maximum absolute atomic E-state index is 13.0. The number of hydrogen-bond donors (Lipinski definition) is 2. The zero-order chi connectivity index (χ0) is 22.2. The van der Waals surface area contributed by atoms with E-state index in [0.717, 1.165) is 47.8 Å². The summed E-state index contributed by atoms with van der Waals surface area (Å²) >= 11 is 0. The molecule has 2 amide bonds. The standard InChI is InChI=1S/C23H31N3O5/c1-3-31-25-21(27)12-6-4-5-7-13-22(28)26-15-17-16-10-8-9-11-18(16)24-19(17)14-20(26)23(29)30-2/h8-11,20,24H,3-7,12-15H2,1-2H3,(H,25,27)/t20-/m1/s1. The van der Waals surface area contributed by atoms with Gasteiger partial charge in [0.1, 0.15) is 6.04 Å². The summed E-state index contributed by atoms with van der Waals surface area (Å²) in [4.78, 5) is 46.8. The van der Waals surface area contributed by atoms with Gasteiger partial charge in [-0.3, -0.25) is 14.4 Å². The third-order valence-electron chi connectivity index (χ3n) is 5.67. The van der Waals surface area contributed by atoms with Crippen LogP contribution in [0, 0.1) is 0 Å². The molecule has 3 rings (SSSR count). The fraction of sp³-hybridized carbons (Fsp3) is 0.522. The number of benzene rings is 1. The van der Waals surface area contributed by atoms with Crippen molar-refractivity contribution in [3.63, 3.8) is 0 Å². The molecule has 0 unspecified atom stereocenters. The highest BCUT2D eigenvalue weighted by atomic mass is 16.6. The van der Waals surface area contributed by atoms with E-state index in [1.54, 1.807) is 4.90 Å². The monoisotopic (exact) mass is 429 g/mol. The fourth-order valence-corrected chi connectivity index (χ4v) is 4.07. The Kier molecular flexibility index (Phi) is 8.06. The second-order valence-electron chi connectivity index (χ2n) is 7.76. The number of H-pyrrole nitrogens is 1. The number of aromatic amines is 1. The molecule has 8 nitrogen and oxygen atoms in total. The van der Waals surface area contributed by atoms with Crippen molar-refractivity contribution < 1.29 is 24.0 Å². The topological polar surface area (TPSA) is 101 Å². The number of para-hydroxylation sites is 1. The minimum absolute atomic E-state index is 0.0413. The lowest BCUT2D eigenvalue weighted by molar-refractivity contribution is -0.154. The Morgan fingerprint density at radius 1 is 1.13 bits per heavy atom. The number of nitrogens with zero attached hydrogens (tertiary/aromatic N) is 1. The lowest BCUT2D eigenvalue weighted by Gasteiger charge is -2.34. The van der Waals surface area contributed by atoms with Crippen LogP contribution in [0.25, 0.3) is 10.9 Å². The Labute approximate surface area is 182 Å². The average molecular weight is 430 g/mol. The number of fused-ring (bicyclic) bond motifs is 3. The SMILES string of the molecule is CCONC(=O)CCCCCCC(=O)N1Cc2c([nH]c3ccccc23)C[C@@H]1C(=O)OC. The van der Waals surface area contributed by atoms with Gasteiger partial charge in [-0.2, -0.15) is 0 Å². The molecule has 0 saturated heterocycles. The van der Waals surface area contributed by atoms with Crippen LogP contribution in [0.2, 0.25) is 0 Å². The second-order valence-corrected chi connectivity index (χ2v) is 7.76. The molecule has 31 heavy (non-hydrogen) atoms. The highest BCUT2D eigenvalue weighted by Gasteiger charge is 2.36. The van der Waals surface area contributed by atoms with Crippen LogP contribution >= 0.6 is 0 Å². The number of carbonyl (C=O) groups excluding carboxylic acids is 3. The molecule has 1 aliphatic heterocycles. The number of nitrogens with one attached hydrogen (secondary N) is 2. The molecule has 0 saturated carbocycles. The number of ether oxygens (including phenoxy) is 1. The van der Waals surface area contributed by atoms with E-state index in [1.165, 1.54) is 7.11 Å². The van der Waals surface area contributed by atoms with E-state index < -0.39 is 12.0 Å². The molecule has 168 valence electrons. The van der Waals surface area contributed by atoms with E-state index in [1.807, 2.05) is 31.2 Å². The van der Waals surface area contributed by atoms with Crippen LogP contribution in [0.4, 0.5) is 0 Å². The van der Waals surface area contributed by atoms with Crippen LogP contribution in [0.1, 0.15) is 56.7 Å². The Balaban J connectivity index is 1.55. The maximum atomic E-state index is 13.0. The number of methoxy groups -OCH3 is 1. The number of unbranched alkanes of at least 4 members (excludes halogenated alkanes) is 3. The summed E-state index contributed by atoms with van der Waals surface area (Å²) in [7, 11) is 1.35. The number of amides is 2. The number of hydrogen-bond acceptors (Lipinski definition) is 5. The van der Waals surface area contributed by atoms with Gasteiger partial charge >= 0.3 is 5.97 Å². The van der Waals surface area contributed by atoms with Crippen LogP contribution < -0.4 is 5.48 Å². The van der Waals surface area contributed by atoms with Gasteiger partial charge in [0.05, 0.1) is 13.7 Å². The molecule has 1 aromatic carbocycles. The largest absolute Gasteiger partial charge is 0.467 e. The summed E-state index contributed by atoms with van der Waals surface area (Å²) in [5.41, 5.74) is 5.46. The van der Waals surface area contributed by atoms with Gasteiger partial charge in [0.15, 0.2) is 0 Å². The summed E-state index contributed by atoms with van der Waals surface area (Å²) in [6.07, 6.45) is 4.39. The predicted octanol–water partition coefficient (Wildman–Crippen LogP) is 3.00. The van der Waals surface area contributed by atoms with E-state index in [0.29, 0.717) is 32.4 Å².